The fourth-order valence-corrected chi connectivity index (χ4v) is 1.83. The first-order valence-corrected chi connectivity index (χ1v) is 5.91. The van der Waals surface area contributed by atoms with Crippen LogP contribution in [0.2, 0.25) is 0 Å². The largest absolute Gasteiger partial charge is 0.393 e. The molecule has 0 radical (unpaired) electrons. The Hall–Kier alpha value is -3.23. The Morgan fingerprint density at radius 3 is 2.86 bits per heavy atom. The highest BCUT2D eigenvalue weighted by Gasteiger charge is 2.17. The van der Waals surface area contributed by atoms with E-state index in [4.69, 9.17) is 10.3 Å². The average Bonchev–Trinajstić information content (AvgIpc) is 3.07. The van der Waals surface area contributed by atoms with E-state index in [-0.39, 0.29) is 17.3 Å². The van der Waals surface area contributed by atoms with Gasteiger partial charge in [-0.25, -0.2) is 0 Å². The second kappa shape index (κ2) is 4.71. The number of nitro benzene ring substituents is 1. The van der Waals surface area contributed by atoms with Crippen molar-refractivity contribution in [1.82, 2.24) is 19.9 Å². The number of hydrogen-bond acceptors (Lipinski definition) is 7. The number of benzene rings is 1. The number of aryl methyl sites for hydroxylation is 1. The van der Waals surface area contributed by atoms with Crippen LogP contribution in [0.1, 0.15) is 0 Å². The molecule has 2 heterocycles. The van der Waals surface area contributed by atoms with Gasteiger partial charge in [-0.15, -0.1) is 0 Å². The number of nitrogens with two attached hydrogens (primary N) is 1. The number of hydrogen-bond donors (Lipinski definition) is 1. The van der Waals surface area contributed by atoms with Crippen LogP contribution in [-0.2, 0) is 7.05 Å². The summed E-state index contributed by atoms with van der Waals surface area (Å²) < 4.78 is 6.74. The maximum absolute atomic E-state index is 10.9. The van der Waals surface area contributed by atoms with Crippen LogP contribution in [0.25, 0.3) is 22.8 Å². The molecule has 0 saturated carbocycles. The Morgan fingerprint density at radius 2 is 2.19 bits per heavy atom. The predicted octanol–water partition coefficient (Wildman–Crippen LogP) is 1.63. The number of anilines is 1. The number of nitrogen functional groups attached to an aromatic ring is 1. The molecule has 0 fully saturated rings. The zero-order valence-electron chi connectivity index (χ0n) is 10.9. The summed E-state index contributed by atoms with van der Waals surface area (Å²) in [6, 6.07) is 4.32. The van der Waals surface area contributed by atoms with Gasteiger partial charge in [-0.05, 0) is 12.1 Å². The van der Waals surface area contributed by atoms with E-state index in [2.05, 4.69) is 15.2 Å². The Morgan fingerprint density at radius 1 is 1.38 bits per heavy atom. The molecule has 0 aliphatic carbocycles. The van der Waals surface area contributed by atoms with E-state index in [0.717, 1.165) is 0 Å². The lowest BCUT2D eigenvalue weighted by atomic mass is 10.2. The third kappa shape index (κ3) is 2.31. The smallest absolute Gasteiger partial charge is 0.292 e. The second-order valence-corrected chi connectivity index (χ2v) is 4.36. The first-order chi connectivity index (χ1) is 10.0. The molecule has 21 heavy (non-hydrogen) atoms. The summed E-state index contributed by atoms with van der Waals surface area (Å²) >= 11 is 0. The van der Waals surface area contributed by atoms with Crippen LogP contribution in [0.4, 0.5) is 11.4 Å². The van der Waals surface area contributed by atoms with Gasteiger partial charge in [0.15, 0.2) is 0 Å². The lowest BCUT2D eigenvalue weighted by Gasteiger charge is -1.98. The third-order valence-corrected chi connectivity index (χ3v) is 2.86. The molecule has 9 heteroatoms. The lowest BCUT2D eigenvalue weighted by Crippen LogP contribution is -1.95. The zero-order valence-corrected chi connectivity index (χ0v) is 10.9. The monoisotopic (exact) mass is 286 g/mol. The van der Waals surface area contributed by atoms with Gasteiger partial charge in [0, 0.05) is 24.9 Å². The van der Waals surface area contributed by atoms with E-state index < -0.39 is 4.92 Å². The first-order valence-electron chi connectivity index (χ1n) is 5.91. The minimum Gasteiger partial charge on any atom is -0.393 e. The summed E-state index contributed by atoms with van der Waals surface area (Å²) in [6.07, 6.45) is 3.33. The third-order valence-electron chi connectivity index (χ3n) is 2.86. The molecule has 9 nitrogen and oxygen atoms in total. The summed E-state index contributed by atoms with van der Waals surface area (Å²) in [5.41, 5.74) is 6.55. The molecule has 0 unspecified atom stereocenters. The summed E-state index contributed by atoms with van der Waals surface area (Å²) in [4.78, 5) is 14.5. The van der Waals surface area contributed by atoms with E-state index in [1.165, 1.54) is 12.1 Å². The topological polar surface area (TPSA) is 126 Å². The second-order valence-electron chi connectivity index (χ2n) is 4.36. The van der Waals surface area contributed by atoms with E-state index >= 15 is 0 Å². The van der Waals surface area contributed by atoms with Crippen LogP contribution in [0.5, 0.6) is 0 Å². The minimum absolute atomic E-state index is 0.0794. The number of aromatic nitrogens is 4. The fourth-order valence-electron chi connectivity index (χ4n) is 1.83. The molecule has 0 aliphatic heterocycles. The predicted molar refractivity (Wildman–Crippen MR) is 73.0 cm³/mol. The summed E-state index contributed by atoms with van der Waals surface area (Å²) in [5.74, 6) is 0.537. The van der Waals surface area contributed by atoms with Gasteiger partial charge in [-0.3, -0.25) is 14.8 Å². The van der Waals surface area contributed by atoms with Crippen molar-refractivity contribution in [2.75, 3.05) is 5.73 Å². The molecule has 3 rings (SSSR count). The summed E-state index contributed by atoms with van der Waals surface area (Å²) in [5, 5.41) is 18.7. The molecule has 0 saturated heterocycles. The molecule has 2 aromatic heterocycles. The van der Waals surface area contributed by atoms with E-state index in [1.54, 1.807) is 30.2 Å². The van der Waals surface area contributed by atoms with Crippen LogP contribution < -0.4 is 5.73 Å². The van der Waals surface area contributed by atoms with Crippen LogP contribution in [0.3, 0.4) is 0 Å². The highest BCUT2D eigenvalue weighted by Crippen LogP contribution is 2.28. The quantitative estimate of drug-likeness (QED) is 0.440. The molecule has 2 N–H and O–H groups in total. The molecule has 0 aliphatic rings. The summed E-state index contributed by atoms with van der Waals surface area (Å²) in [7, 11) is 1.77. The molecule has 0 amide bonds. The van der Waals surface area contributed by atoms with Gasteiger partial charge in [0.1, 0.15) is 5.69 Å². The van der Waals surface area contributed by atoms with Crippen molar-refractivity contribution in [1.29, 1.82) is 0 Å². The van der Waals surface area contributed by atoms with Crippen molar-refractivity contribution < 1.29 is 9.45 Å². The van der Waals surface area contributed by atoms with Crippen molar-refractivity contribution in [2.24, 2.45) is 7.05 Å². The molecule has 0 bridgehead atoms. The Bertz CT molecular complexity index is 822. The van der Waals surface area contributed by atoms with Gasteiger partial charge in [0.25, 0.3) is 11.6 Å². The summed E-state index contributed by atoms with van der Waals surface area (Å²) in [6.45, 7) is 0. The van der Waals surface area contributed by atoms with Gasteiger partial charge in [0.05, 0.1) is 16.7 Å². The highest BCUT2D eigenvalue weighted by molar-refractivity contribution is 5.68. The Labute approximate surface area is 118 Å². The van der Waals surface area contributed by atoms with Crippen molar-refractivity contribution >= 4 is 11.4 Å². The molecular formula is C12H10N6O3. The van der Waals surface area contributed by atoms with Crippen molar-refractivity contribution in [3.8, 4) is 22.8 Å². The molecule has 3 aromatic rings. The van der Waals surface area contributed by atoms with Gasteiger partial charge >= 0.3 is 0 Å². The maximum atomic E-state index is 10.9. The zero-order chi connectivity index (χ0) is 15.0. The van der Waals surface area contributed by atoms with Crippen molar-refractivity contribution in [3.05, 3.63) is 40.7 Å². The Balaban J connectivity index is 2.00. The van der Waals surface area contributed by atoms with Crippen LogP contribution in [0.15, 0.2) is 35.1 Å². The average molecular weight is 286 g/mol. The molecule has 0 spiro atoms. The lowest BCUT2D eigenvalue weighted by molar-refractivity contribution is -0.383. The SMILES string of the molecule is Cn1cc(-c2noc(-c3ccc(N)c([N+](=O)[O-])c3)n2)cn1. The van der Waals surface area contributed by atoms with Crippen LogP contribution >= 0.6 is 0 Å². The van der Waals surface area contributed by atoms with E-state index in [9.17, 15) is 10.1 Å². The van der Waals surface area contributed by atoms with Crippen molar-refractivity contribution in [3.63, 3.8) is 0 Å². The molecular weight excluding hydrogens is 276 g/mol. The number of nitro groups is 1. The van der Waals surface area contributed by atoms with Gasteiger partial charge in [-0.1, -0.05) is 5.16 Å². The maximum Gasteiger partial charge on any atom is 0.292 e. The van der Waals surface area contributed by atoms with Gasteiger partial charge < -0.3 is 10.3 Å². The molecule has 1 aromatic carbocycles. The van der Waals surface area contributed by atoms with E-state index in [0.29, 0.717) is 17.0 Å². The van der Waals surface area contributed by atoms with E-state index in [1.807, 2.05) is 0 Å². The van der Waals surface area contributed by atoms with Crippen LogP contribution in [0, 0.1) is 10.1 Å². The molecule has 106 valence electrons. The highest BCUT2D eigenvalue weighted by atomic mass is 16.6. The number of nitrogens with zero attached hydrogens (tertiary/aromatic N) is 5. The fraction of sp³-hybridized carbons (Fsp3) is 0.0833. The van der Waals surface area contributed by atoms with Crippen molar-refractivity contribution in [2.45, 2.75) is 0 Å². The van der Waals surface area contributed by atoms with Gasteiger partial charge in [0.2, 0.25) is 5.82 Å². The van der Waals surface area contributed by atoms with Gasteiger partial charge in [-0.2, -0.15) is 10.1 Å². The van der Waals surface area contributed by atoms with Crippen LogP contribution in [-0.4, -0.2) is 24.8 Å². The first kappa shape index (κ1) is 12.8. The Kier molecular flexibility index (Phi) is 2.87. The number of rotatable bonds is 3. The minimum atomic E-state index is -0.558. The standard InChI is InChI=1S/C12H10N6O3/c1-17-6-8(5-14-17)11-15-12(21-16-11)7-2-3-9(13)10(4-7)18(19)20/h2-6H,13H2,1H3. The normalized spacial score (nSPS) is 10.7. The molecule has 0 atom stereocenters.